The van der Waals surface area contributed by atoms with Crippen LogP contribution in [0.2, 0.25) is 0 Å². The van der Waals surface area contributed by atoms with Gasteiger partial charge in [0.2, 0.25) is 0 Å². The standard InChI is InChI=1S/C21H30N4O2.HI/c1-6-22-21(23-15-18-9-7-8-16(2)24-18)25(3)13-12-17-10-11-19(26-4)20(14-17)27-5;/h7-11,14H,6,12-13,15H2,1-5H3,(H,22,23);1H. The summed E-state index contributed by atoms with van der Waals surface area (Å²) < 4.78 is 10.7. The van der Waals surface area contributed by atoms with Gasteiger partial charge in [-0.3, -0.25) is 4.98 Å². The number of hydrogen-bond donors (Lipinski definition) is 1. The maximum absolute atomic E-state index is 5.39. The molecular weight excluding hydrogens is 467 g/mol. The van der Waals surface area contributed by atoms with Gasteiger partial charge in [0.1, 0.15) is 0 Å². The van der Waals surface area contributed by atoms with Crippen LogP contribution in [0.5, 0.6) is 11.5 Å². The summed E-state index contributed by atoms with van der Waals surface area (Å²) in [7, 11) is 5.35. The van der Waals surface area contributed by atoms with Crippen LogP contribution in [-0.4, -0.2) is 50.2 Å². The highest BCUT2D eigenvalue weighted by Crippen LogP contribution is 2.27. The number of aromatic nitrogens is 1. The fourth-order valence-electron chi connectivity index (χ4n) is 2.75. The first-order valence-corrected chi connectivity index (χ1v) is 9.20. The normalized spacial score (nSPS) is 10.8. The van der Waals surface area contributed by atoms with Crippen molar-refractivity contribution in [2.75, 3.05) is 34.4 Å². The fourth-order valence-corrected chi connectivity index (χ4v) is 2.75. The van der Waals surface area contributed by atoms with Gasteiger partial charge in [0.15, 0.2) is 17.5 Å². The predicted octanol–water partition coefficient (Wildman–Crippen LogP) is 3.67. The molecule has 7 heteroatoms. The number of methoxy groups -OCH3 is 2. The zero-order valence-electron chi connectivity index (χ0n) is 17.4. The molecule has 0 atom stereocenters. The molecule has 0 amide bonds. The number of nitrogens with zero attached hydrogens (tertiary/aromatic N) is 3. The van der Waals surface area contributed by atoms with Crippen molar-refractivity contribution in [2.24, 2.45) is 4.99 Å². The lowest BCUT2D eigenvalue weighted by atomic mass is 10.1. The second-order valence-electron chi connectivity index (χ2n) is 6.30. The highest BCUT2D eigenvalue weighted by Gasteiger charge is 2.09. The molecule has 2 aromatic rings. The Hall–Kier alpha value is -2.03. The van der Waals surface area contributed by atoms with Gasteiger partial charge in [-0.2, -0.15) is 0 Å². The molecule has 6 nitrogen and oxygen atoms in total. The van der Waals surface area contributed by atoms with Crippen molar-refractivity contribution in [3.8, 4) is 11.5 Å². The summed E-state index contributed by atoms with van der Waals surface area (Å²) in [6.07, 6.45) is 0.879. The zero-order valence-corrected chi connectivity index (χ0v) is 19.7. The average molecular weight is 498 g/mol. The van der Waals surface area contributed by atoms with Crippen molar-refractivity contribution >= 4 is 29.9 Å². The van der Waals surface area contributed by atoms with Gasteiger partial charge in [0.25, 0.3) is 0 Å². The lowest BCUT2D eigenvalue weighted by Gasteiger charge is -2.22. The molecule has 0 fully saturated rings. The van der Waals surface area contributed by atoms with Crippen molar-refractivity contribution in [2.45, 2.75) is 26.8 Å². The van der Waals surface area contributed by atoms with Crippen LogP contribution in [0, 0.1) is 6.92 Å². The molecule has 2 rings (SSSR count). The fraction of sp³-hybridized carbons (Fsp3) is 0.429. The van der Waals surface area contributed by atoms with Crippen LogP contribution in [0.25, 0.3) is 0 Å². The van der Waals surface area contributed by atoms with Crippen LogP contribution in [0.1, 0.15) is 23.9 Å². The second kappa shape index (κ2) is 12.4. The Morgan fingerprint density at radius 3 is 2.54 bits per heavy atom. The Bertz CT molecular complexity index is 768. The van der Waals surface area contributed by atoms with E-state index in [1.807, 2.05) is 44.3 Å². The highest BCUT2D eigenvalue weighted by molar-refractivity contribution is 14.0. The summed E-state index contributed by atoms with van der Waals surface area (Å²) in [6, 6.07) is 12.0. The molecule has 0 radical (unpaired) electrons. The third-order valence-corrected chi connectivity index (χ3v) is 4.22. The molecule has 0 spiro atoms. The topological polar surface area (TPSA) is 59.0 Å². The summed E-state index contributed by atoms with van der Waals surface area (Å²) in [5, 5.41) is 3.35. The van der Waals surface area contributed by atoms with Crippen LogP contribution in [-0.2, 0) is 13.0 Å². The monoisotopic (exact) mass is 498 g/mol. The number of hydrogen-bond acceptors (Lipinski definition) is 4. The van der Waals surface area contributed by atoms with Gasteiger partial charge < -0.3 is 19.7 Å². The van der Waals surface area contributed by atoms with Crippen LogP contribution in [0.4, 0.5) is 0 Å². The van der Waals surface area contributed by atoms with E-state index in [1.54, 1.807) is 14.2 Å². The number of guanidine groups is 1. The van der Waals surface area contributed by atoms with Gasteiger partial charge in [-0.1, -0.05) is 12.1 Å². The molecule has 0 unspecified atom stereocenters. The summed E-state index contributed by atoms with van der Waals surface area (Å²) in [4.78, 5) is 11.4. The van der Waals surface area contributed by atoms with Crippen molar-refractivity contribution in [3.63, 3.8) is 0 Å². The van der Waals surface area contributed by atoms with Crippen molar-refractivity contribution in [1.82, 2.24) is 15.2 Å². The summed E-state index contributed by atoms with van der Waals surface area (Å²) in [5.74, 6) is 2.38. The van der Waals surface area contributed by atoms with E-state index >= 15 is 0 Å². The molecule has 0 aliphatic heterocycles. The molecular formula is C21H31IN4O2. The lowest BCUT2D eigenvalue weighted by Crippen LogP contribution is -2.40. The third kappa shape index (κ3) is 7.18. The first-order chi connectivity index (χ1) is 13.1. The second-order valence-corrected chi connectivity index (χ2v) is 6.30. The van der Waals surface area contributed by atoms with Crippen molar-refractivity contribution in [3.05, 3.63) is 53.3 Å². The summed E-state index contributed by atoms with van der Waals surface area (Å²) >= 11 is 0. The Balaban J connectivity index is 0.00000392. The Morgan fingerprint density at radius 2 is 1.89 bits per heavy atom. The van der Waals surface area contributed by atoms with E-state index in [1.165, 1.54) is 5.56 Å². The van der Waals surface area contributed by atoms with E-state index < -0.39 is 0 Å². The minimum atomic E-state index is 0. The number of rotatable bonds is 8. The quantitative estimate of drug-likeness (QED) is 0.342. The molecule has 0 aliphatic rings. The molecule has 1 heterocycles. The first kappa shape index (κ1) is 24.0. The van der Waals surface area contributed by atoms with Crippen LogP contribution in [0.3, 0.4) is 0 Å². The molecule has 0 bridgehead atoms. The molecule has 1 aromatic heterocycles. The predicted molar refractivity (Wildman–Crippen MR) is 125 cm³/mol. The maximum Gasteiger partial charge on any atom is 0.194 e. The van der Waals surface area contributed by atoms with Crippen LogP contribution < -0.4 is 14.8 Å². The van der Waals surface area contributed by atoms with E-state index in [0.29, 0.717) is 6.54 Å². The van der Waals surface area contributed by atoms with Crippen molar-refractivity contribution < 1.29 is 9.47 Å². The van der Waals surface area contributed by atoms with E-state index in [2.05, 4.69) is 28.2 Å². The molecule has 1 N–H and O–H groups in total. The SMILES string of the molecule is CCNC(=NCc1cccc(C)n1)N(C)CCc1ccc(OC)c(OC)c1.I. The number of benzene rings is 1. The molecule has 0 saturated heterocycles. The Morgan fingerprint density at radius 1 is 1.14 bits per heavy atom. The molecule has 0 aliphatic carbocycles. The minimum Gasteiger partial charge on any atom is -0.493 e. The summed E-state index contributed by atoms with van der Waals surface area (Å²) in [6.45, 7) is 6.28. The van der Waals surface area contributed by atoms with Gasteiger partial charge >= 0.3 is 0 Å². The first-order valence-electron chi connectivity index (χ1n) is 9.20. The minimum absolute atomic E-state index is 0. The van der Waals surface area contributed by atoms with Gasteiger partial charge in [0.05, 0.1) is 26.5 Å². The number of ether oxygens (including phenoxy) is 2. The van der Waals surface area contributed by atoms with E-state index in [9.17, 15) is 0 Å². The van der Waals surface area contributed by atoms with E-state index in [0.717, 1.165) is 48.4 Å². The molecule has 28 heavy (non-hydrogen) atoms. The smallest absolute Gasteiger partial charge is 0.194 e. The Kier molecular flexibility index (Phi) is 10.7. The van der Waals surface area contributed by atoms with Gasteiger partial charge in [-0.25, -0.2) is 4.99 Å². The van der Waals surface area contributed by atoms with E-state index in [-0.39, 0.29) is 24.0 Å². The number of likely N-dealkylation sites (N-methyl/N-ethyl adjacent to an activating group) is 1. The van der Waals surface area contributed by atoms with Gasteiger partial charge in [-0.15, -0.1) is 24.0 Å². The van der Waals surface area contributed by atoms with Gasteiger partial charge in [0, 0.05) is 25.8 Å². The number of aryl methyl sites for hydroxylation is 1. The van der Waals surface area contributed by atoms with Crippen LogP contribution >= 0.6 is 24.0 Å². The lowest BCUT2D eigenvalue weighted by molar-refractivity contribution is 0.354. The molecule has 1 aromatic carbocycles. The number of halogens is 1. The van der Waals surface area contributed by atoms with Crippen molar-refractivity contribution in [1.29, 1.82) is 0 Å². The van der Waals surface area contributed by atoms with Crippen LogP contribution in [0.15, 0.2) is 41.4 Å². The van der Waals surface area contributed by atoms with E-state index in [4.69, 9.17) is 14.5 Å². The largest absolute Gasteiger partial charge is 0.493 e. The number of nitrogens with one attached hydrogen (secondary N) is 1. The average Bonchev–Trinajstić information content (AvgIpc) is 2.69. The molecule has 0 saturated carbocycles. The molecule has 154 valence electrons. The number of aliphatic imine (C=N–C) groups is 1. The summed E-state index contributed by atoms with van der Waals surface area (Å²) in [5.41, 5.74) is 3.17. The third-order valence-electron chi connectivity index (χ3n) is 4.22. The highest BCUT2D eigenvalue weighted by atomic mass is 127. The number of pyridine rings is 1. The maximum atomic E-state index is 5.39. The van der Waals surface area contributed by atoms with Gasteiger partial charge in [-0.05, 0) is 50.1 Å². The zero-order chi connectivity index (χ0) is 19.6. The Labute approximate surface area is 185 Å².